The van der Waals surface area contributed by atoms with Gasteiger partial charge in [0.1, 0.15) is 5.82 Å². The third-order valence-corrected chi connectivity index (χ3v) is 2.94. The molecule has 0 N–H and O–H groups in total. The first kappa shape index (κ1) is 12.5. The zero-order valence-electron chi connectivity index (χ0n) is 10.9. The van der Waals surface area contributed by atoms with E-state index in [0.717, 1.165) is 42.2 Å². The van der Waals surface area contributed by atoms with Gasteiger partial charge in [0, 0.05) is 30.9 Å². The SMILES string of the molecule is C=CCCCc1nnc(-c2ccc(C)nc2)n1C. The maximum atomic E-state index is 4.29. The predicted octanol–water partition coefficient (Wildman–Crippen LogP) is 2.69. The Morgan fingerprint density at radius 3 is 2.83 bits per heavy atom. The van der Waals surface area contributed by atoms with Gasteiger partial charge >= 0.3 is 0 Å². The number of allylic oxidation sites excluding steroid dienone is 1. The van der Waals surface area contributed by atoms with Gasteiger partial charge in [-0.2, -0.15) is 0 Å². The molecule has 0 fully saturated rings. The molecule has 0 spiro atoms. The summed E-state index contributed by atoms with van der Waals surface area (Å²) in [7, 11) is 2.00. The second kappa shape index (κ2) is 5.58. The molecule has 0 atom stereocenters. The minimum absolute atomic E-state index is 0.871. The highest BCUT2D eigenvalue weighted by molar-refractivity contribution is 5.53. The number of nitrogens with zero attached hydrogens (tertiary/aromatic N) is 4. The molecule has 2 aromatic rings. The average molecular weight is 242 g/mol. The van der Waals surface area contributed by atoms with E-state index in [-0.39, 0.29) is 0 Å². The second-order valence-electron chi connectivity index (χ2n) is 4.37. The van der Waals surface area contributed by atoms with Gasteiger partial charge in [0.25, 0.3) is 0 Å². The minimum atomic E-state index is 0.871. The van der Waals surface area contributed by atoms with Gasteiger partial charge in [-0.15, -0.1) is 16.8 Å². The second-order valence-corrected chi connectivity index (χ2v) is 4.37. The maximum absolute atomic E-state index is 4.29. The molecular weight excluding hydrogens is 224 g/mol. The molecule has 4 heteroatoms. The van der Waals surface area contributed by atoms with Crippen LogP contribution in [0.25, 0.3) is 11.4 Å². The largest absolute Gasteiger partial charge is 0.314 e. The maximum Gasteiger partial charge on any atom is 0.165 e. The molecule has 2 aromatic heterocycles. The molecule has 0 aromatic carbocycles. The zero-order valence-corrected chi connectivity index (χ0v) is 10.9. The molecule has 0 bridgehead atoms. The van der Waals surface area contributed by atoms with E-state index < -0.39 is 0 Å². The first-order valence-corrected chi connectivity index (χ1v) is 6.14. The number of aromatic nitrogens is 4. The molecule has 0 aliphatic heterocycles. The molecule has 0 unspecified atom stereocenters. The Morgan fingerprint density at radius 1 is 1.33 bits per heavy atom. The topological polar surface area (TPSA) is 43.6 Å². The summed E-state index contributed by atoms with van der Waals surface area (Å²) in [6.07, 6.45) is 6.76. The molecule has 0 saturated heterocycles. The summed E-state index contributed by atoms with van der Waals surface area (Å²) in [4.78, 5) is 4.29. The summed E-state index contributed by atoms with van der Waals surface area (Å²) >= 11 is 0. The molecule has 0 radical (unpaired) electrons. The molecule has 0 saturated carbocycles. The molecule has 2 heterocycles. The summed E-state index contributed by atoms with van der Waals surface area (Å²) in [5, 5.41) is 8.48. The Kier molecular flexibility index (Phi) is 3.87. The van der Waals surface area contributed by atoms with Crippen molar-refractivity contribution in [3.05, 3.63) is 42.5 Å². The summed E-state index contributed by atoms with van der Waals surface area (Å²) in [6.45, 7) is 5.70. The summed E-state index contributed by atoms with van der Waals surface area (Å²) < 4.78 is 2.04. The molecule has 2 rings (SSSR count). The van der Waals surface area contributed by atoms with Gasteiger partial charge in [-0.05, 0) is 31.9 Å². The van der Waals surface area contributed by atoms with Crippen LogP contribution in [0.3, 0.4) is 0 Å². The molecule has 18 heavy (non-hydrogen) atoms. The lowest BCUT2D eigenvalue weighted by molar-refractivity contribution is 0.733. The van der Waals surface area contributed by atoms with Crippen molar-refractivity contribution < 1.29 is 0 Å². The van der Waals surface area contributed by atoms with Crippen molar-refractivity contribution in [2.75, 3.05) is 0 Å². The van der Waals surface area contributed by atoms with Gasteiger partial charge in [-0.25, -0.2) is 0 Å². The first-order valence-electron chi connectivity index (χ1n) is 6.14. The van der Waals surface area contributed by atoms with E-state index in [4.69, 9.17) is 0 Å². The standard InChI is InChI=1S/C14H18N4/c1-4-5-6-7-13-16-17-14(18(13)3)12-9-8-11(2)15-10-12/h4,8-10H,1,5-7H2,2-3H3. The Morgan fingerprint density at radius 2 is 2.17 bits per heavy atom. The predicted molar refractivity (Wildman–Crippen MR) is 72.1 cm³/mol. The molecule has 0 amide bonds. The molecular formula is C14H18N4. The lowest BCUT2D eigenvalue weighted by Gasteiger charge is -2.03. The van der Waals surface area contributed by atoms with Crippen molar-refractivity contribution in [3.8, 4) is 11.4 Å². The fourth-order valence-corrected chi connectivity index (χ4v) is 1.84. The van der Waals surface area contributed by atoms with Crippen LogP contribution in [0.4, 0.5) is 0 Å². The van der Waals surface area contributed by atoms with Crippen LogP contribution in [0.5, 0.6) is 0 Å². The van der Waals surface area contributed by atoms with E-state index in [1.165, 1.54) is 0 Å². The van der Waals surface area contributed by atoms with E-state index in [0.29, 0.717) is 0 Å². The van der Waals surface area contributed by atoms with E-state index in [2.05, 4.69) is 21.8 Å². The highest BCUT2D eigenvalue weighted by Gasteiger charge is 2.10. The summed E-state index contributed by atoms with van der Waals surface area (Å²) in [6, 6.07) is 4.02. The Labute approximate surface area is 107 Å². The van der Waals surface area contributed by atoms with E-state index in [1.807, 2.05) is 42.9 Å². The number of unbranched alkanes of at least 4 members (excludes halogenated alkanes) is 1. The molecule has 4 nitrogen and oxygen atoms in total. The van der Waals surface area contributed by atoms with E-state index in [9.17, 15) is 0 Å². The van der Waals surface area contributed by atoms with Crippen molar-refractivity contribution in [3.63, 3.8) is 0 Å². The zero-order chi connectivity index (χ0) is 13.0. The number of pyridine rings is 1. The number of aryl methyl sites for hydroxylation is 2. The van der Waals surface area contributed by atoms with E-state index in [1.54, 1.807) is 0 Å². The lowest BCUT2D eigenvalue weighted by atomic mass is 10.2. The minimum Gasteiger partial charge on any atom is -0.314 e. The van der Waals surface area contributed by atoms with Crippen LogP contribution in [-0.2, 0) is 13.5 Å². The van der Waals surface area contributed by atoms with Crippen LogP contribution in [0.15, 0.2) is 31.0 Å². The highest BCUT2D eigenvalue weighted by Crippen LogP contribution is 2.17. The van der Waals surface area contributed by atoms with Gasteiger partial charge in [-0.1, -0.05) is 6.08 Å². The van der Waals surface area contributed by atoms with Crippen molar-refractivity contribution in [1.82, 2.24) is 19.7 Å². The fraction of sp³-hybridized carbons (Fsp3) is 0.357. The van der Waals surface area contributed by atoms with Crippen molar-refractivity contribution in [2.45, 2.75) is 26.2 Å². The summed E-state index contributed by atoms with van der Waals surface area (Å²) in [5.74, 6) is 1.88. The van der Waals surface area contributed by atoms with Crippen LogP contribution in [-0.4, -0.2) is 19.7 Å². The highest BCUT2D eigenvalue weighted by atomic mass is 15.3. The van der Waals surface area contributed by atoms with Crippen LogP contribution < -0.4 is 0 Å². The smallest absolute Gasteiger partial charge is 0.165 e. The van der Waals surface area contributed by atoms with Crippen LogP contribution >= 0.6 is 0 Å². The fourth-order valence-electron chi connectivity index (χ4n) is 1.84. The van der Waals surface area contributed by atoms with Gasteiger partial charge in [0.05, 0.1) is 0 Å². The Balaban J connectivity index is 2.19. The van der Waals surface area contributed by atoms with Gasteiger partial charge in [-0.3, -0.25) is 4.98 Å². The quantitative estimate of drug-likeness (QED) is 0.598. The number of rotatable bonds is 5. The van der Waals surface area contributed by atoms with Gasteiger partial charge < -0.3 is 4.57 Å². The molecule has 94 valence electrons. The average Bonchev–Trinajstić information content (AvgIpc) is 2.73. The monoisotopic (exact) mass is 242 g/mol. The number of hydrogen-bond donors (Lipinski definition) is 0. The lowest BCUT2D eigenvalue weighted by Crippen LogP contribution is -2.00. The van der Waals surface area contributed by atoms with Crippen molar-refractivity contribution in [1.29, 1.82) is 0 Å². The third-order valence-electron chi connectivity index (χ3n) is 2.94. The number of hydrogen-bond acceptors (Lipinski definition) is 3. The van der Waals surface area contributed by atoms with Crippen LogP contribution in [0, 0.1) is 6.92 Å². The van der Waals surface area contributed by atoms with Crippen LogP contribution in [0.2, 0.25) is 0 Å². The summed E-state index contributed by atoms with van der Waals surface area (Å²) in [5.41, 5.74) is 2.01. The van der Waals surface area contributed by atoms with Crippen molar-refractivity contribution in [2.24, 2.45) is 7.05 Å². The van der Waals surface area contributed by atoms with Gasteiger partial charge in [0.2, 0.25) is 0 Å². The normalized spacial score (nSPS) is 10.6. The third kappa shape index (κ3) is 2.64. The molecule has 0 aliphatic rings. The Bertz CT molecular complexity index is 525. The first-order chi connectivity index (χ1) is 8.72. The van der Waals surface area contributed by atoms with E-state index >= 15 is 0 Å². The van der Waals surface area contributed by atoms with Crippen LogP contribution in [0.1, 0.15) is 24.4 Å². The Hall–Kier alpha value is -1.97. The van der Waals surface area contributed by atoms with Gasteiger partial charge in [0.15, 0.2) is 5.82 Å². The van der Waals surface area contributed by atoms with Crippen molar-refractivity contribution >= 4 is 0 Å². The molecule has 0 aliphatic carbocycles.